The number of carbonyl (C=O) groups excluding carboxylic acids is 1. The highest BCUT2D eigenvalue weighted by atomic mass is 35.5. The van der Waals surface area contributed by atoms with E-state index in [1.807, 2.05) is 0 Å². The van der Waals surface area contributed by atoms with Gasteiger partial charge < -0.3 is 15.4 Å². The van der Waals surface area contributed by atoms with Gasteiger partial charge in [-0.2, -0.15) is 0 Å². The number of aliphatic hydroxyl groups excluding tert-OH is 1. The van der Waals surface area contributed by atoms with E-state index in [1.54, 1.807) is 18.2 Å². The Labute approximate surface area is 136 Å². The Balaban J connectivity index is 2.29. The molecule has 0 saturated carbocycles. The molecule has 0 aliphatic heterocycles. The van der Waals surface area contributed by atoms with Crippen molar-refractivity contribution in [1.82, 2.24) is 4.98 Å². The summed E-state index contributed by atoms with van der Waals surface area (Å²) in [6.07, 6.45) is 0. The molecule has 0 saturated heterocycles. The largest absolute Gasteiger partial charge is 0.384 e. The highest BCUT2D eigenvalue weighted by Crippen LogP contribution is 2.24. The summed E-state index contributed by atoms with van der Waals surface area (Å²) in [5.74, 6) is 4.81. The van der Waals surface area contributed by atoms with Crippen molar-refractivity contribution in [3.8, 4) is 11.8 Å². The van der Waals surface area contributed by atoms with Crippen LogP contribution in [-0.2, 0) is 0 Å². The maximum absolute atomic E-state index is 12.1. The van der Waals surface area contributed by atoms with Crippen molar-refractivity contribution in [2.24, 2.45) is 0 Å². The predicted octanol–water partition coefficient (Wildman–Crippen LogP) is 3.57. The lowest BCUT2D eigenvalue weighted by molar-refractivity contribution is 0.102. The standard InChI is InChI=1S/C14H9Cl3N2O2/c15-9-4-3-8(2-1-5-20)11(6-9)19-14(21)12-7-10(16)13(17)18-12/h3-4,6-7,18,20H,5H2,(H,19,21). The second-order valence-corrected chi connectivity index (χ2v) is 5.17. The van der Waals surface area contributed by atoms with Crippen LogP contribution >= 0.6 is 34.8 Å². The molecule has 2 aromatic rings. The summed E-state index contributed by atoms with van der Waals surface area (Å²) < 4.78 is 0. The van der Waals surface area contributed by atoms with Crippen LogP contribution in [0.1, 0.15) is 16.1 Å². The lowest BCUT2D eigenvalue weighted by atomic mass is 10.1. The first-order valence-corrected chi connectivity index (χ1v) is 6.89. The SMILES string of the molecule is O=C(Nc1cc(Cl)ccc1C#CCO)c1cc(Cl)c(Cl)[nH]1. The number of rotatable bonds is 2. The van der Waals surface area contributed by atoms with Gasteiger partial charge in [-0.15, -0.1) is 0 Å². The Hall–Kier alpha value is -1.64. The average Bonchev–Trinajstić information content (AvgIpc) is 2.78. The summed E-state index contributed by atoms with van der Waals surface area (Å²) in [5, 5.41) is 12.3. The average molecular weight is 344 g/mol. The van der Waals surface area contributed by atoms with Gasteiger partial charge >= 0.3 is 0 Å². The molecule has 0 unspecified atom stereocenters. The van der Waals surface area contributed by atoms with Crippen LogP contribution in [0, 0.1) is 11.8 Å². The quantitative estimate of drug-likeness (QED) is 0.730. The first-order chi connectivity index (χ1) is 10.0. The molecule has 1 heterocycles. The van der Waals surface area contributed by atoms with Crippen molar-refractivity contribution in [2.75, 3.05) is 11.9 Å². The number of hydrogen-bond donors (Lipinski definition) is 3. The van der Waals surface area contributed by atoms with Crippen molar-refractivity contribution >= 4 is 46.4 Å². The van der Waals surface area contributed by atoms with Crippen LogP contribution in [0.5, 0.6) is 0 Å². The molecule has 0 atom stereocenters. The molecular formula is C14H9Cl3N2O2. The van der Waals surface area contributed by atoms with E-state index in [2.05, 4.69) is 22.1 Å². The number of hydrogen-bond acceptors (Lipinski definition) is 2. The minimum absolute atomic E-state index is 0.188. The number of nitrogens with one attached hydrogen (secondary N) is 2. The van der Waals surface area contributed by atoms with Gasteiger partial charge in [-0.05, 0) is 24.3 Å². The van der Waals surface area contributed by atoms with E-state index in [0.29, 0.717) is 16.3 Å². The Bertz CT molecular complexity index is 725. The van der Waals surface area contributed by atoms with Gasteiger partial charge in [-0.1, -0.05) is 46.6 Å². The van der Waals surface area contributed by atoms with Gasteiger partial charge in [0.1, 0.15) is 17.5 Å². The van der Waals surface area contributed by atoms with Gasteiger partial charge in [0, 0.05) is 10.6 Å². The molecule has 1 aromatic heterocycles. The zero-order chi connectivity index (χ0) is 15.4. The van der Waals surface area contributed by atoms with Crippen LogP contribution in [-0.4, -0.2) is 22.6 Å². The molecule has 7 heteroatoms. The zero-order valence-electron chi connectivity index (χ0n) is 10.5. The maximum Gasteiger partial charge on any atom is 0.272 e. The highest BCUT2D eigenvalue weighted by Gasteiger charge is 2.13. The third-order valence-electron chi connectivity index (χ3n) is 2.50. The lowest BCUT2D eigenvalue weighted by Crippen LogP contribution is -2.13. The summed E-state index contributed by atoms with van der Waals surface area (Å²) in [6, 6.07) is 6.27. The van der Waals surface area contributed by atoms with Crippen molar-refractivity contribution in [2.45, 2.75) is 0 Å². The van der Waals surface area contributed by atoms with Gasteiger partial charge in [-0.3, -0.25) is 4.79 Å². The van der Waals surface area contributed by atoms with E-state index in [-0.39, 0.29) is 22.5 Å². The van der Waals surface area contributed by atoms with Gasteiger partial charge in [0.15, 0.2) is 0 Å². The van der Waals surface area contributed by atoms with Crippen molar-refractivity contribution in [1.29, 1.82) is 0 Å². The molecule has 0 bridgehead atoms. The van der Waals surface area contributed by atoms with Crippen LogP contribution < -0.4 is 5.32 Å². The Morgan fingerprint density at radius 1 is 1.29 bits per heavy atom. The molecular weight excluding hydrogens is 335 g/mol. The van der Waals surface area contributed by atoms with Crippen molar-refractivity contribution < 1.29 is 9.90 Å². The highest BCUT2D eigenvalue weighted by molar-refractivity contribution is 6.41. The Kier molecular flexibility index (Phi) is 5.16. The zero-order valence-corrected chi connectivity index (χ0v) is 12.8. The maximum atomic E-state index is 12.1. The monoisotopic (exact) mass is 342 g/mol. The van der Waals surface area contributed by atoms with Crippen LogP contribution in [0.15, 0.2) is 24.3 Å². The molecule has 0 spiro atoms. The normalized spacial score (nSPS) is 9.90. The molecule has 0 aliphatic rings. The number of carbonyl (C=O) groups is 1. The van der Waals surface area contributed by atoms with Crippen LogP contribution in [0.3, 0.4) is 0 Å². The van der Waals surface area contributed by atoms with Gasteiger partial charge in [0.25, 0.3) is 5.91 Å². The summed E-state index contributed by atoms with van der Waals surface area (Å²) in [5.41, 5.74) is 1.17. The third kappa shape index (κ3) is 3.93. The molecule has 0 fully saturated rings. The minimum Gasteiger partial charge on any atom is -0.384 e. The molecule has 0 radical (unpaired) electrons. The fraction of sp³-hybridized carbons (Fsp3) is 0.0714. The summed E-state index contributed by atoms with van der Waals surface area (Å²) in [4.78, 5) is 14.8. The smallest absolute Gasteiger partial charge is 0.272 e. The molecule has 1 aromatic carbocycles. The predicted molar refractivity (Wildman–Crippen MR) is 84.2 cm³/mol. The van der Waals surface area contributed by atoms with Crippen molar-refractivity contribution in [3.05, 3.63) is 50.7 Å². The minimum atomic E-state index is -0.432. The van der Waals surface area contributed by atoms with E-state index in [9.17, 15) is 4.79 Å². The topological polar surface area (TPSA) is 65.1 Å². The van der Waals surface area contributed by atoms with E-state index in [4.69, 9.17) is 39.9 Å². The number of halogens is 3. The first-order valence-electron chi connectivity index (χ1n) is 5.76. The van der Waals surface area contributed by atoms with Gasteiger partial charge in [0.2, 0.25) is 0 Å². The number of aromatic nitrogens is 1. The number of H-pyrrole nitrogens is 1. The Morgan fingerprint density at radius 2 is 2.05 bits per heavy atom. The number of amides is 1. The molecule has 2 rings (SSSR count). The van der Waals surface area contributed by atoms with Gasteiger partial charge in [-0.25, -0.2) is 0 Å². The number of aliphatic hydroxyl groups is 1. The first kappa shape index (κ1) is 15.7. The molecule has 21 heavy (non-hydrogen) atoms. The van der Waals surface area contributed by atoms with E-state index < -0.39 is 5.91 Å². The fourth-order valence-electron chi connectivity index (χ4n) is 1.58. The molecule has 4 nitrogen and oxygen atoms in total. The van der Waals surface area contributed by atoms with E-state index in [1.165, 1.54) is 6.07 Å². The van der Waals surface area contributed by atoms with E-state index >= 15 is 0 Å². The number of aromatic amines is 1. The summed E-state index contributed by atoms with van der Waals surface area (Å²) >= 11 is 17.5. The lowest BCUT2D eigenvalue weighted by Gasteiger charge is -2.07. The van der Waals surface area contributed by atoms with Crippen LogP contribution in [0.4, 0.5) is 5.69 Å². The molecule has 0 aliphatic carbocycles. The van der Waals surface area contributed by atoms with E-state index in [0.717, 1.165) is 0 Å². The second-order valence-electron chi connectivity index (χ2n) is 3.95. The third-order valence-corrected chi connectivity index (χ3v) is 3.43. The molecule has 3 N–H and O–H groups in total. The van der Waals surface area contributed by atoms with Crippen LogP contribution in [0.25, 0.3) is 0 Å². The summed E-state index contributed by atoms with van der Waals surface area (Å²) in [7, 11) is 0. The van der Waals surface area contributed by atoms with Crippen LogP contribution in [0.2, 0.25) is 15.2 Å². The fourth-order valence-corrected chi connectivity index (χ4v) is 2.06. The number of anilines is 1. The summed E-state index contributed by atoms with van der Waals surface area (Å²) in [6.45, 7) is -0.280. The molecule has 1 amide bonds. The molecule has 108 valence electrons. The number of benzene rings is 1. The second kappa shape index (κ2) is 6.88. The van der Waals surface area contributed by atoms with Crippen molar-refractivity contribution in [3.63, 3.8) is 0 Å². The Morgan fingerprint density at radius 3 is 2.67 bits per heavy atom. The van der Waals surface area contributed by atoms with Gasteiger partial charge in [0.05, 0.1) is 10.7 Å².